The first-order valence-corrected chi connectivity index (χ1v) is 10.4. The molecule has 0 amide bonds. The van der Waals surface area contributed by atoms with Crippen molar-refractivity contribution in [2.45, 2.75) is 25.3 Å². The van der Waals surface area contributed by atoms with Gasteiger partial charge in [0.1, 0.15) is 0 Å². The van der Waals surface area contributed by atoms with Gasteiger partial charge in [-0.15, -0.1) is 11.3 Å². The molecule has 0 fully saturated rings. The average molecular weight is 388 g/mol. The predicted octanol–water partition coefficient (Wildman–Crippen LogP) is 4.32. The maximum absolute atomic E-state index is 12.7. The Balaban J connectivity index is 1.69. The van der Waals surface area contributed by atoms with Crippen molar-refractivity contribution in [1.29, 1.82) is 0 Å². The van der Waals surface area contributed by atoms with Gasteiger partial charge in [-0.2, -0.15) is 4.31 Å². The number of rotatable bonds is 6. The summed E-state index contributed by atoms with van der Waals surface area (Å²) in [6, 6.07) is 14.9. The number of anilines is 2. The Labute approximate surface area is 158 Å². The molecule has 0 atom stereocenters. The lowest BCUT2D eigenvalue weighted by molar-refractivity contribution is 0.469. The predicted molar refractivity (Wildman–Crippen MR) is 106 cm³/mol. The van der Waals surface area contributed by atoms with Gasteiger partial charge in [0, 0.05) is 30.4 Å². The van der Waals surface area contributed by atoms with Crippen molar-refractivity contribution in [3.63, 3.8) is 0 Å². The van der Waals surface area contributed by atoms with Crippen LogP contribution in [-0.4, -0.2) is 24.8 Å². The maximum Gasteiger partial charge on any atom is 0.243 e. The molecule has 1 N–H and O–H groups in total. The highest BCUT2D eigenvalue weighted by Crippen LogP contribution is 2.25. The topological polar surface area (TPSA) is 62.3 Å². The van der Waals surface area contributed by atoms with Gasteiger partial charge in [-0.25, -0.2) is 13.4 Å². The number of benzene rings is 2. The van der Waals surface area contributed by atoms with E-state index < -0.39 is 10.0 Å². The van der Waals surface area contributed by atoms with Crippen molar-refractivity contribution < 1.29 is 8.42 Å². The summed E-state index contributed by atoms with van der Waals surface area (Å²) in [4.78, 5) is 5.51. The Kier molecular flexibility index (Phi) is 5.41. The van der Waals surface area contributed by atoms with Crippen LogP contribution in [0.4, 0.5) is 10.8 Å². The van der Waals surface area contributed by atoms with Crippen LogP contribution in [0.25, 0.3) is 0 Å². The molecule has 0 aliphatic heterocycles. The lowest BCUT2D eigenvalue weighted by atomic mass is 10.2. The number of hydrogen-bond acceptors (Lipinski definition) is 5. The smallest absolute Gasteiger partial charge is 0.243 e. The van der Waals surface area contributed by atoms with E-state index in [9.17, 15) is 8.42 Å². The van der Waals surface area contributed by atoms with Crippen molar-refractivity contribution in [3.05, 3.63) is 70.7 Å². The van der Waals surface area contributed by atoms with Crippen LogP contribution >= 0.6 is 11.3 Å². The molecule has 1 aromatic heterocycles. The van der Waals surface area contributed by atoms with Crippen LogP contribution in [0.5, 0.6) is 0 Å². The van der Waals surface area contributed by atoms with Crippen molar-refractivity contribution in [2.24, 2.45) is 0 Å². The molecule has 5 nitrogen and oxygen atoms in total. The zero-order valence-corrected chi connectivity index (χ0v) is 16.6. The summed E-state index contributed by atoms with van der Waals surface area (Å²) in [7, 11) is -1.93. The first-order chi connectivity index (χ1) is 12.3. The Morgan fingerprint density at radius 1 is 1.00 bits per heavy atom. The molecule has 0 spiro atoms. The van der Waals surface area contributed by atoms with E-state index in [1.165, 1.54) is 21.2 Å². The molecule has 3 rings (SSSR count). The third-order valence-electron chi connectivity index (χ3n) is 3.96. The van der Waals surface area contributed by atoms with Gasteiger partial charge in [0.05, 0.1) is 4.90 Å². The van der Waals surface area contributed by atoms with Crippen LogP contribution in [0.2, 0.25) is 0 Å². The first kappa shape index (κ1) is 18.6. The van der Waals surface area contributed by atoms with E-state index in [4.69, 9.17) is 0 Å². The van der Waals surface area contributed by atoms with E-state index in [1.54, 1.807) is 37.5 Å². The third-order valence-corrected chi connectivity index (χ3v) is 6.68. The molecule has 0 aliphatic rings. The average Bonchev–Trinajstić information content (AvgIpc) is 3.04. The number of hydrogen-bond donors (Lipinski definition) is 1. The second kappa shape index (κ2) is 7.57. The van der Waals surface area contributed by atoms with Gasteiger partial charge in [0.25, 0.3) is 0 Å². The molecular weight excluding hydrogens is 366 g/mol. The summed E-state index contributed by atoms with van der Waals surface area (Å²) in [5.74, 6) is 0. The van der Waals surface area contributed by atoms with Gasteiger partial charge in [0.2, 0.25) is 10.0 Å². The third kappa shape index (κ3) is 4.30. The second-order valence-electron chi connectivity index (χ2n) is 6.20. The lowest BCUT2D eigenvalue weighted by Crippen LogP contribution is -2.26. The van der Waals surface area contributed by atoms with Crippen molar-refractivity contribution in [2.75, 3.05) is 12.4 Å². The number of sulfonamides is 1. The van der Waals surface area contributed by atoms with Crippen molar-refractivity contribution in [1.82, 2.24) is 9.29 Å². The minimum absolute atomic E-state index is 0.281. The maximum atomic E-state index is 12.7. The van der Waals surface area contributed by atoms with Crippen LogP contribution in [-0.2, 0) is 16.6 Å². The van der Waals surface area contributed by atoms with Crippen LogP contribution in [0, 0.1) is 13.8 Å². The van der Waals surface area contributed by atoms with Gasteiger partial charge in [-0.1, -0.05) is 35.4 Å². The highest BCUT2D eigenvalue weighted by Gasteiger charge is 2.21. The minimum Gasteiger partial charge on any atom is -0.332 e. The molecule has 0 saturated heterocycles. The molecule has 0 unspecified atom stereocenters. The summed E-state index contributed by atoms with van der Waals surface area (Å²) in [5, 5.41) is 3.98. The summed E-state index contributed by atoms with van der Waals surface area (Å²) >= 11 is 1.45. The van der Waals surface area contributed by atoms with Gasteiger partial charge in [-0.3, -0.25) is 0 Å². The highest BCUT2D eigenvalue weighted by atomic mass is 32.2. The SMILES string of the molecule is Cc1ccc(Nc2ncc(CN(C)S(=O)(=O)c3ccc(C)cc3)s2)cc1. The normalized spacial score (nSPS) is 11.7. The Bertz CT molecular complexity index is 978. The van der Waals surface area contributed by atoms with E-state index in [0.29, 0.717) is 4.90 Å². The molecule has 2 aromatic carbocycles. The molecule has 136 valence electrons. The van der Waals surface area contributed by atoms with Crippen molar-refractivity contribution in [3.8, 4) is 0 Å². The summed E-state index contributed by atoms with van der Waals surface area (Å²) < 4.78 is 26.7. The quantitative estimate of drug-likeness (QED) is 0.684. The Morgan fingerprint density at radius 3 is 2.19 bits per heavy atom. The van der Waals surface area contributed by atoms with Gasteiger partial charge in [-0.05, 0) is 38.1 Å². The van der Waals surface area contributed by atoms with E-state index in [-0.39, 0.29) is 6.54 Å². The van der Waals surface area contributed by atoms with E-state index in [2.05, 4.69) is 10.3 Å². The van der Waals surface area contributed by atoms with Crippen molar-refractivity contribution >= 4 is 32.2 Å². The molecule has 3 aromatic rings. The second-order valence-corrected chi connectivity index (χ2v) is 9.36. The fourth-order valence-corrected chi connectivity index (χ4v) is 4.51. The number of nitrogens with one attached hydrogen (secondary N) is 1. The highest BCUT2D eigenvalue weighted by molar-refractivity contribution is 7.89. The van der Waals surface area contributed by atoms with Crippen LogP contribution < -0.4 is 5.32 Å². The molecule has 7 heteroatoms. The Hall–Kier alpha value is -2.22. The lowest BCUT2D eigenvalue weighted by Gasteiger charge is -2.16. The van der Waals surface area contributed by atoms with Gasteiger partial charge < -0.3 is 5.32 Å². The number of aryl methyl sites for hydroxylation is 2. The van der Waals surface area contributed by atoms with E-state index in [0.717, 1.165) is 21.3 Å². The molecule has 0 bridgehead atoms. The standard InChI is InChI=1S/C19H21N3O2S2/c1-14-4-8-16(9-5-14)21-19-20-12-17(25-19)13-22(3)26(23,24)18-10-6-15(2)7-11-18/h4-12H,13H2,1-3H3,(H,20,21). The fourth-order valence-electron chi connectivity index (χ4n) is 2.39. The van der Waals surface area contributed by atoms with Crippen LogP contribution in [0.3, 0.4) is 0 Å². The van der Waals surface area contributed by atoms with E-state index >= 15 is 0 Å². The molecule has 0 aliphatic carbocycles. The first-order valence-electron chi connectivity index (χ1n) is 8.16. The summed E-state index contributed by atoms with van der Waals surface area (Å²) in [5.41, 5.74) is 3.18. The monoisotopic (exact) mass is 387 g/mol. The van der Waals surface area contributed by atoms with E-state index in [1.807, 2.05) is 38.1 Å². The molecule has 26 heavy (non-hydrogen) atoms. The number of aromatic nitrogens is 1. The zero-order chi connectivity index (χ0) is 18.7. The molecule has 0 saturated carbocycles. The summed E-state index contributed by atoms with van der Waals surface area (Å²) in [6.45, 7) is 4.25. The molecule has 0 radical (unpaired) electrons. The minimum atomic E-state index is -3.52. The fraction of sp³-hybridized carbons (Fsp3) is 0.211. The van der Waals surface area contributed by atoms with Gasteiger partial charge in [0.15, 0.2) is 5.13 Å². The van der Waals surface area contributed by atoms with Crippen LogP contribution in [0.15, 0.2) is 59.6 Å². The molecular formula is C19H21N3O2S2. The zero-order valence-electron chi connectivity index (χ0n) is 14.9. The summed E-state index contributed by atoms with van der Waals surface area (Å²) in [6.07, 6.45) is 1.71. The number of nitrogens with zero attached hydrogens (tertiary/aromatic N) is 2. The number of thiazole rings is 1. The van der Waals surface area contributed by atoms with Gasteiger partial charge >= 0.3 is 0 Å². The largest absolute Gasteiger partial charge is 0.332 e. The van der Waals surface area contributed by atoms with Crippen LogP contribution in [0.1, 0.15) is 16.0 Å². The Morgan fingerprint density at radius 2 is 1.58 bits per heavy atom. The molecule has 1 heterocycles.